The molecule has 0 aliphatic heterocycles. The lowest BCUT2D eigenvalue weighted by Gasteiger charge is -2.53. The van der Waals surface area contributed by atoms with Crippen LogP contribution in [0.25, 0.3) is 5.76 Å². The van der Waals surface area contributed by atoms with Crippen molar-refractivity contribution in [3.63, 3.8) is 0 Å². The van der Waals surface area contributed by atoms with Gasteiger partial charge < -0.3 is 5.11 Å². The van der Waals surface area contributed by atoms with Crippen LogP contribution in [0.3, 0.4) is 0 Å². The molecule has 4 heteroatoms. The number of Topliss-reactive ketones (excluding diaryl/α,β-unsaturated/α-hetero) is 3. The Morgan fingerprint density at radius 1 is 0.946 bits per heavy atom. The van der Waals surface area contributed by atoms with Crippen molar-refractivity contribution in [3.8, 4) is 0 Å². The molecule has 2 fully saturated rings. The van der Waals surface area contributed by atoms with Gasteiger partial charge in [0.25, 0.3) is 0 Å². The van der Waals surface area contributed by atoms with Crippen LogP contribution in [0.15, 0.2) is 70.9 Å². The third kappa shape index (κ3) is 5.63. The van der Waals surface area contributed by atoms with E-state index in [0.717, 1.165) is 18.4 Å². The highest BCUT2D eigenvalue weighted by Crippen LogP contribution is 2.58. The molecule has 37 heavy (non-hydrogen) atoms. The average molecular weight is 503 g/mol. The Morgan fingerprint density at radius 3 is 2.16 bits per heavy atom. The van der Waals surface area contributed by atoms with Crippen LogP contribution in [0.1, 0.15) is 86.1 Å². The van der Waals surface area contributed by atoms with Gasteiger partial charge >= 0.3 is 0 Å². The summed E-state index contributed by atoms with van der Waals surface area (Å²) < 4.78 is 0. The summed E-state index contributed by atoms with van der Waals surface area (Å²) in [5.41, 5.74) is 1.80. The zero-order valence-electron chi connectivity index (χ0n) is 23.5. The van der Waals surface area contributed by atoms with Gasteiger partial charge in [-0.15, -0.1) is 0 Å². The molecule has 2 saturated carbocycles. The number of carbonyl (C=O) groups excluding carboxylic acids is 3. The molecule has 2 aliphatic rings. The molecule has 2 bridgehead atoms. The highest BCUT2D eigenvalue weighted by molar-refractivity contribution is 6.39. The predicted octanol–water partition coefficient (Wildman–Crippen LogP) is 7.76. The van der Waals surface area contributed by atoms with Crippen molar-refractivity contribution in [3.05, 3.63) is 76.4 Å². The van der Waals surface area contributed by atoms with Crippen molar-refractivity contribution < 1.29 is 19.5 Å². The average Bonchev–Trinajstić information content (AvgIpc) is 2.82. The summed E-state index contributed by atoms with van der Waals surface area (Å²) in [7, 11) is 0. The topological polar surface area (TPSA) is 71.4 Å². The van der Waals surface area contributed by atoms with Gasteiger partial charge in [-0.25, -0.2) is 0 Å². The molecule has 0 spiro atoms. The third-order valence-corrected chi connectivity index (χ3v) is 8.28. The second kappa shape index (κ2) is 11.2. The second-order valence-electron chi connectivity index (χ2n) is 12.0. The van der Waals surface area contributed by atoms with Gasteiger partial charge in [0.1, 0.15) is 11.3 Å². The number of carbonyl (C=O) groups is 3. The van der Waals surface area contributed by atoms with Gasteiger partial charge in [0.2, 0.25) is 0 Å². The van der Waals surface area contributed by atoms with Crippen molar-refractivity contribution in [2.45, 2.75) is 80.6 Å². The minimum absolute atomic E-state index is 0.0208. The van der Waals surface area contributed by atoms with Gasteiger partial charge in [-0.1, -0.05) is 79.1 Å². The molecule has 1 aromatic rings. The Kier molecular flexibility index (Phi) is 8.62. The van der Waals surface area contributed by atoms with Crippen molar-refractivity contribution >= 4 is 23.1 Å². The molecule has 0 unspecified atom stereocenters. The summed E-state index contributed by atoms with van der Waals surface area (Å²) in [6.45, 7) is 14.1. The minimum atomic E-state index is -1.34. The van der Waals surface area contributed by atoms with E-state index in [4.69, 9.17) is 0 Å². The van der Waals surface area contributed by atoms with E-state index < -0.39 is 28.3 Å². The van der Waals surface area contributed by atoms with Crippen molar-refractivity contribution in [2.24, 2.45) is 22.7 Å². The molecule has 0 radical (unpaired) electrons. The Bertz CT molecular complexity index is 1180. The zero-order valence-corrected chi connectivity index (χ0v) is 23.5. The van der Waals surface area contributed by atoms with E-state index in [2.05, 4.69) is 32.9 Å². The van der Waals surface area contributed by atoms with E-state index in [1.165, 1.54) is 11.1 Å². The predicted molar refractivity (Wildman–Crippen MR) is 150 cm³/mol. The smallest absolute Gasteiger partial charge is 0.184 e. The first-order valence-corrected chi connectivity index (χ1v) is 13.4. The van der Waals surface area contributed by atoms with Crippen LogP contribution >= 0.6 is 0 Å². The molecule has 0 aromatic heterocycles. The van der Waals surface area contributed by atoms with Gasteiger partial charge in [0, 0.05) is 5.56 Å². The number of aliphatic hydroxyl groups excluding tert-OH is 1. The Balaban J connectivity index is 2.09. The van der Waals surface area contributed by atoms with E-state index in [0.29, 0.717) is 18.4 Å². The highest BCUT2D eigenvalue weighted by atomic mass is 16.3. The fourth-order valence-electron chi connectivity index (χ4n) is 5.83. The lowest BCUT2D eigenvalue weighted by atomic mass is 9.46. The van der Waals surface area contributed by atoms with E-state index >= 15 is 0 Å². The number of allylic oxidation sites excluding steroid dienone is 7. The van der Waals surface area contributed by atoms with E-state index in [9.17, 15) is 19.5 Å². The van der Waals surface area contributed by atoms with Crippen LogP contribution in [0.4, 0.5) is 0 Å². The Hall–Kier alpha value is -3.01. The molecule has 1 aromatic carbocycles. The molecule has 0 amide bonds. The van der Waals surface area contributed by atoms with Gasteiger partial charge in [-0.2, -0.15) is 0 Å². The summed E-state index contributed by atoms with van der Waals surface area (Å²) in [6, 6.07) is 8.66. The van der Waals surface area contributed by atoms with Crippen molar-refractivity contribution in [1.29, 1.82) is 0 Å². The summed E-state index contributed by atoms with van der Waals surface area (Å²) >= 11 is 0. The maximum absolute atomic E-state index is 14.1. The molecule has 0 saturated heterocycles. The summed E-state index contributed by atoms with van der Waals surface area (Å²) in [4.78, 5) is 41.9. The summed E-state index contributed by atoms with van der Waals surface area (Å²) in [5.74, 6) is -2.65. The first-order chi connectivity index (χ1) is 17.3. The van der Waals surface area contributed by atoms with Gasteiger partial charge in [0.15, 0.2) is 17.3 Å². The number of ketones is 3. The minimum Gasteiger partial charge on any atom is -0.506 e. The zero-order chi connectivity index (χ0) is 27.5. The Morgan fingerprint density at radius 2 is 1.57 bits per heavy atom. The number of aliphatic hydroxyl groups is 1. The van der Waals surface area contributed by atoms with Crippen LogP contribution in [-0.4, -0.2) is 22.5 Å². The monoisotopic (exact) mass is 502 g/mol. The number of hydrogen-bond acceptors (Lipinski definition) is 4. The number of rotatable bonds is 8. The van der Waals surface area contributed by atoms with Crippen LogP contribution in [0, 0.1) is 22.7 Å². The lowest BCUT2D eigenvalue weighted by Crippen LogP contribution is -2.62. The van der Waals surface area contributed by atoms with Gasteiger partial charge in [-0.05, 0) is 78.1 Å². The first-order valence-electron chi connectivity index (χ1n) is 13.4. The highest BCUT2D eigenvalue weighted by Gasteiger charge is 2.66. The van der Waals surface area contributed by atoms with Crippen molar-refractivity contribution in [1.82, 2.24) is 0 Å². The number of hydrogen-bond donors (Lipinski definition) is 1. The third-order valence-electron chi connectivity index (χ3n) is 8.28. The normalized spacial score (nSPS) is 26.6. The molecule has 1 N–H and O–H groups in total. The second-order valence-corrected chi connectivity index (χ2v) is 12.0. The largest absolute Gasteiger partial charge is 0.506 e. The van der Waals surface area contributed by atoms with Crippen LogP contribution in [0.5, 0.6) is 0 Å². The summed E-state index contributed by atoms with van der Waals surface area (Å²) in [5, 5.41) is 11.2. The van der Waals surface area contributed by atoms with E-state index in [1.807, 2.05) is 39.8 Å². The van der Waals surface area contributed by atoms with Crippen LogP contribution < -0.4 is 0 Å². The molecule has 3 rings (SSSR count). The standard InChI is InChI=1S/C33H42O4/c1-21(2)12-11-13-23(5)16-17-25-20-33(19-18-22(3)4)30(36)26(28(34)24-14-9-8-10-15-24)29(35)27(31(33)37)32(25,6)7/h8-10,12,14-16,18,25,27,34H,11,13,17,19-20H2,1-7H3/b23-16+,28-26+/t25-,27+,33-/m1/s1. The molecule has 4 nitrogen and oxygen atoms in total. The quantitative estimate of drug-likeness (QED) is 0.130. The molecule has 198 valence electrons. The summed E-state index contributed by atoms with van der Waals surface area (Å²) in [6.07, 6.45) is 9.64. The molecule has 3 atom stereocenters. The van der Waals surface area contributed by atoms with Gasteiger partial charge in [0.05, 0.1) is 11.3 Å². The van der Waals surface area contributed by atoms with E-state index in [1.54, 1.807) is 24.3 Å². The first kappa shape index (κ1) is 28.6. The van der Waals surface area contributed by atoms with Crippen molar-refractivity contribution in [2.75, 3.05) is 0 Å². The van der Waals surface area contributed by atoms with Crippen LogP contribution in [-0.2, 0) is 14.4 Å². The molecular formula is C33H42O4. The molecule has 0 heterocycles. The number of benzene rings is 1. The maximum atomic E-state index is 14.1. The fraction of sp³-hybridized carbons (Fsp3) is 0.485. The van der Waals surface area contributed by atoms with Gasteiger partial charge in [-0.3, -0.25) is 14.4 Å². The maximum Gasteiger partial charge on any atom is 0.184 e. The SMILES string of the molecule is CC(C)=CCC/C(C)=C/C[C@@H]1C[C@]2(CC=C(C)C)C(=O)/C(=C(/O)c3ccccc3)C(=O)[C@@H](C2=O)C1(C)C. The van der Waals surface area contributed by atoms with Crippen LogP contribution in [0.2, 0.25) is 0 Å². The Labute approximate surface area is 222 Å². The van der Waals surface area contributed by atoms with E-state index in [-0.39, 0.29) is 29.5 Å². The number of fused-ring (bicyclic) bond motifs is 2. The fourth-order valence-corrected chi connectivity index (χ4v) is 5.83. The lowest BCUT2D eigenvalue weighted by molar-refractivity contribution is -0.162. The molecule has 2 aliphatic carbocycles. The molecular weight excluding hydrogens is 460 g/mol.